The third kappa shape index (κ3) is 3.59. The van der Waals surface area contributed by atoms with Crippen molar-refractivity contribution in [2.75, 3.05) is 6.61 Å². The summed E-state index contributed by atoms with van der Waals surface area (Å²) in [6, 6.07) is 2.57. The molecule has 0 saturated heterocycles. The van der Waals surface area contributed by atoms with Crippen molar-refractivity contribution < 1.29 is 14.6 Å². The van der Waals surface area contributed by atoms with Gasteiger partial charge in [0.25, 0.3) is 0 Å². The molecule has 0 aliphatic heterocycles. The molecule has 1 N–H and O–H groups in total. The molecule has 6 heteroatoms. The Kier molecular flexibility index (Phi) is 6.26. The summed E-state index contributed by atoms with van der Waals surface area (Å²) in [4.78, 5) is 10.7. The highest BCUT2D eigenvalue weighted by molar-refractivity contribution is 6.37. The molecular formula is C10H9Cl3O3. The van der Waals surface area contributed by atoms with Gasteiger partial charge in [-0.05, 0) is 12.1 Å². The minimum atomic E-state index is -1.09. The van der Waals surface area contributed by atoms with E-state index in [1.165, 1.54) is 18.2 Å². The second-order valence-electron chi connectivity index (χ2n) is 2.67. The molecule has 1 aromatic rings. The molecule has 0 saturated carbocycles. The lowest BCUT2D eigenvalue weighted by molar-refractivity contribution is 0.0697. The van der Waals surface area contributed by atoms with Gasteiger partial charge in [0.15, 0.2) is 5.75 Å². The lowest BCUT2D eigenvalue weighted by Crippen LogP contribution is -1.99. The van der Waals surface area contributed by atoms with Gasteiger partial charge in [0.2, 0.25) is 0 Å². The van der Waals surface area contributed by atoms with Gasteiger partial charge >= 0.3 is 5.97 Å². The van der Waals surface area contributed by atoms with Crippen LogP contribution in [0.1, 0.15) is 10.4 Å². The van der Waals surface area contributed by atoms with Crippen molar-refractivity contribution in [2.45, 2.75) is 0 Å². The molecule has 0 heterocycles. The number of ether oxygens (including phenoxy) is 1. The largest absolute Gasteiger partial charge is 0.486 e. The maximum absolute atomic E-state index is 10.7. The maximum Gasteiger partial charge on any atom is 0.335 e. The van der Waals surface area contributed by atoms with E-state index in [4.69, 9.17) is 33.0 Å². The minimum absolute atomic E-state index is 0. The van der Waals surface area contributed by atoms with Crippen molar-refractivity contribution in [3.63, 3.8) is 0 Å². The van der Waals surface area contributed by atoms with Crippen LogP contribution in [-0.4, -0.2) is 17.7 Å². The summed E-state index contributed by atoms with van der Waals surface area (Å²) >= 11 is 11.6. The second-order valence-corrected chi connectivity index (χ2v) is 3.49. The van der Waals surface area contributed by atoms with E-state index >= 15 is 0 Å². The molecule has 0 spiro atoms. The Morgan fingerprint density at radius 2 is 1.94 bits per heavy atom. The summed E-state index contributed by atoms with van der Waals surface area (Å²) in [6.45, 7) is 3.73. The number of carboxylic acids is 1. The fourth-order valence-electron chi connectivity index (χ4n) is 0.964. The lowest BCUT2D eigenvalue weighted by Gasteiger charge is -2.08. The van der Waals surface area contributed by atoms with Gasteiger partial charge < -0.3 is 9.84 Å². The number of rotatable bonds is 4. The van der Waals surface area contributed by atoms with Crippen molar-refractivity contribution in [1.82, 2.24) is 0 Å². The van der Waals surface area contributed by atoms with E-state index in [0.717, 1.165) is 0 Å². The number of aromatic carboxylic acids is 1. The van der Waals surface area contributed by atoms with Crippen LogP contribution in [0.2, 0.25) is 10.0 Å². The smallest absolute Gasteiger partial charge is 0.335 e. The van der Waals surface area contributed by atoms with Gasteiger partial charge in [-0.25, -0.2) is 4.79 Å². The zero-order valence-corrected chi connectivity index (χ0v) is 10.4. The summed E-state index contributed by atoms with van der Waals surface area (Å²) in [5, 5.41) is 9.06. The molecular weight excluding hydrogens is 274 g/mol. The average molecular weight is 284 g/mol. The Labute approximate surface area is 109 Å². The Morgan fingerprint density at radius 1 is 1.44 bits per heavy atom. The Hall–Kier alpha value is -0.900. The van der Waals surface area contributed by atoms with Crippen LogP contribution in [0.4, 0.5) is 0 Å². The van der Waals surface area contributed by atoms with E-state index in [0.29, 0.717) is 0 Å². The molecule has 0 amide bonds. The average Bonchev–Trinajstić information content (AvgIpc) is 2.16. The second kappa shape index (κ2) is 6.63. The molecule has 1 aromatic carbocycles. The van der Waals surface area contributed by atoms with Crippen LogP contribution in [0, 0.1) is 0 Å². The molecule has 3 nitrogen and oxygen atoms in total. The SMILES string of the molecule is C=CCOc1c(Cl)cc(C(=O)O)cc1Cl.Cl. The van der Waals surface area contributed by atoms with Gasteiger partial charge in [-0.3, -0.25) is 0 Å². The molecule has 0 radical (unpaired) electrons. The first kappa shape index (κ1) is 15.1. The predicted molar refractivity (Wildman–Crippen MR) is 66.4 cm³/mol. The van der Waals surface area contributed by atoms with E-state index in [1.54, 1.807) is 0 Å². The quantitative estimate of drug-likeness (QED) is 0.858. The third-order valence-electron chi connectivity index (χ3n) is 1.59. The van der Waals surface area contributed by atoms with E-state index < -0.39 is 5.97 Å². The van der Waals surface area contributed by atoms with Crippen molar-refractivity contribution in [3.8, 4) is 5.75 Å². The first-order chi connectivity index (χ1) is 7.06. The van der Waals surface area contributed by atoms with Gasteiger partial charge in [0.1, 0.15) is 6.61 Å². The first-order valence-corrected chi connectivity index (χ1v) is 4.78. The maximum atomic E-state index is 10.7. The van der Waals surface area contributed by atoms with Crippen LogP contribution in [0.15, 0.2) is 24.8 Å². The first-order valence-electron chi connectivity index (χ1n) is 4.02. The van der Waals surface area contributed by atoms with E-state index in [9.17, 15) is 4.79 Å². The van der Waals surface area contributed by atoms with Crippen molar-refractivity contribution in [1.29, 1.82) is 0 Å². The van der Waals surface area contributed by atoms with Gasteiger partial charge in [-0.1, -0.05) is 35.9 Å². The standard InChI is InChI=1S/C10H8Cl2O3.ClH/c1-2-3-15-9-7(11)4-6(10(13)14)5-8(9)12;/h2,4-5H,1,3H2,(H,13,14);1H. The van der Waals surface area contributed by atoms with Crippen LogP contribution in [-0.2, 0) is 0 Å². The highest BCUT2D eigenvalue weighted by Crippen LogP contribution is 2.34. The summed E-state index contributed by atoms with van der Waals surface area (Å²) in [5.41, 5.74) is 0.0240. The van der Waals surface area contributed by atoms with E-state index in [2.05, 4.69) is 6.58 Å². The normalized spacial score (nSPS) is 9.12. The highest BCUT2D eigenvalue weighted by atomic mass is 35.5. The monoisotopic (exact) mass is 282 g/mol. The summed E-state index contributed by atoms with van der Waals surface area (Å²) < 4.78 is 5.18. The minimum Gasteiger partial charge on any atom is -0.486 e. The van der Waals surface area contributed by atoms with Gasteiger partial charge in [0.05, 0.1) is 15.6 Å². The summed E-state index contributed by atoms with van der Waals surface area (Å²) in [5.74, 6) is -0.822. The lowest BCUT2D eigenvalue weighted by atomic mass is 10.2. The van der Waals surface area contributed by atoms with E-state index in [-0.39, 0.29) is 40.4 Å². The Bertz CT molecular complexity index is 381. The van der Waals surface area contributed by atoms with Crippen LogP contribution < -0.4 is 4.74 Å². The van der Waals surface area contributed by atoms with Crippen LogP contribution in [0.5, 0.6) is 5.75 Å². The topological polar surface area (TPSA) is 46.5 Å². The highest BCUT2D eigenvalue weighted by Gasteiger charge is 2.12. The van der Waals surface area contributed by atoms with Gasteiger partial charge in [-0.2, -0.15) is 0 Å². The third-order valence-corrected chi connectivity index (χ3v) is 2.15. The number of benzene rings is 1. The molecule has 1 rings (SSSR count). The number of carbonyl (C=O) groups is 1. The van der Waals surface area contributed by atoms with Crippen molar-refractivity contribution in [2.24, 2.45) is 0 Å². The van der Waals surface area contributed by atoms with Crippen LogP contribution in [0.25, 0.3) is 0 Å². The van der Waals surface area contributed by atoms with Gasteiger partial charge in [-0.15, -0.1) is 12.4 Å². The van der Waals surface area contributed by atoms with Crippen LogP contribution in [0.3, 0.4) is 0 Å². The van der Waals surface area contributed by atoms with E-state index in [1.807, 2.05) is 0 Å². The number of hydrogen-bond acceptors (Lipinski definition) is 2. The molecule has 0 aromatic heterocycles. The van der Waals surface area contributed by atoms with Gasteiger partial charge in [0, 0.05) is 0 Å². The molecule has 0 unspecified atom stereocenters. The number of hydrogen-bond donors (Lipinski definition) is 1. The zero-order valence-electron chi connectivity index (χ0n) is 8.07. The molecule has 0 aliphatic carbocycles. The Morgan fingerprint density at radius 3 is 2.31 bits per heavy atom. The summed E-state index contributed by atoms with van der Waals surface area (Å²) in [7, 11) is 0. The van der Waals surface area contributed by atoms with Crippen molar-refractivity contribution >= 4 is 41.6 Å². The van der Waals surface area contributed by atoms with Crippen molar-refractivity contribution in [3.05, 3.63) is 40.4 Å². The Balaban J connectivity index is 0.00000225. The summed E-state index contributed by atoms with van der Waals surface area (Å²) in [6.07, 6.45) is 1.54. The fraction of sp³-hybridized carbons (Fsp3) is 0.100. The van der Waals surface area contributed by atoms with Crippen LogP contribution >= 0.6 is 35.6 Å². The molecule has 0 bridgehead atoms. The number of carboxylic acid groups (broad SMARTS) is 1. The molecule has 88 valence electrons. The predicted octanol–water partition coefficient (Wildman–Crippen LogP) is 3.68. The molecule has 0 aliphatic rings. The fourth-order valence-corrected chi connectivity index (χ4v) is 1.56. The molecule has 0 fully saturated rings. The number of halogens is 3. The molecule has 16 heavy (non-hydrogen) atoms. The molecule has 0 atom stereocenters. The zero-order chi connectivity index (χ0) is 11.4.